The second-order valence-electron chi connectivity index (χ2n) is 4.24. The molecule has 0 heterocycles. The molecule has 1 aromatic rings. The van der Waals surface area contributed by atoms with Crippen molar-refractivity contribution in [1.29, 1.82) is 0 Å². The van der Waals surface area contributed by atoms with Gasteiger partial charge in [0.1, 0.15) is 5.75 Å². The van der Waals surface area contributed by atoms with Gasteiger partial charge in [0.2, 0.25) is 5.91 Å². The number of rotatable bonds is 6. The molecule has 1 atom stereocenters. The van der Waals surface area contributed by atoms with Gasteiger partial charge in [0.25, 0.3) is 0 Å². The number of carboxylic acids is 1. The molecule has 0 bridgehead atoms. The molecule has 1 amide bonds. The fourth-order valence-electron chi connectivity index (χ4n) is 1.45. The number of aliphatic carboxylic acids is 1. The van der Waals surface area contributed by atoms with Gasteiger partial charge in [-0.3, -0.25) is 9.59 Å². The normalized spacial score (nSPS) is 12.7. The van der Waals surface area contributed by atoms with E-state index in [0.717, 1.165) is 0 Å². The molecule has 6 nitrogen and oxygen atoms in total. The topological polar surface area (TPSA) is 101 Å². The van der Waals surface area contributed by atoms with Crippen molar-refractivity contribution in [2.75, 3.05) is 11.1 Å². The van der Waals surface area contributed by atoms with Gasteiger partial charge >= 0.3 is 5.97 Å². The first-order valence-electron chi connectivity index (χ1n) is 5.70. The van der Waals surface area contributed by atoms with Crippen LogP contribution < -0.4 is 5.32 Å². The quantitative estimate of drug-likeness (QED) is 0.828. The molecular formula is C12H14ClNO5S. The van der Waals surface area contributed by atoms with Crippen LogP contribution in [0.15, 0.2) is 24.3 Å². The van der Waals surface area contributed by atoms with Crippen LogP contribution in [0.4, 0.5) is 5.69 Å². The molecule has 0 fully saturated rings. The maximum atomic E-state index is 11.8. The summed E-state index contributed by atoms with van der Waals surface area (Å²) in [5.74, 6) is -2.77. The average molecular weight is 320 g/mol. The van der Waals surface area contributed by atoms with Crippen LogP contribution in [0.2, 0.25) is 5.02 Å². The third-order valence-corrected chi connectivity index (χ3v) is 4.94. The highest BCUT2D eigenvalue weighted by molar-refractivity contribution is 7.92. The number of carbonyl (C=O) groups is 2. The second-order valence-corrected chi connectivity index (χ2v) is 7.07. The van der Waals surface area contributed by atoms with Crippen LogP contribution in [0.5, 0.6) is 0 Å². The maximum Gasteiger partial charge on any atom is 0.304 e. The zero-order valence-corrected chi connectivity index (χ0v) is 12.2. The highest BCUT2D eigenvalue weighted by Crippen LogP contribution is 2.20. The van der Waals surface area contributed by atoms with Crippen molar-refractivity contribution in [3.63, 3.8) is 0 Å². The van der Waals surface area contributed by atoms with Crippen molar-refractivity contribution in [1.82, 2.24) is 0 Å². The molecule has 20 heavy (non-hydrogen) atoms. The third-order valence-electron chi connectivity index (χ3n) is 2.56. The maximum absolute atomic E-state index is 11.8. The van der Waals surface area contributed by atoms with Crippen LogP contribution in [0, 0.1) is 0 Å². The lowest BCUT2D eigenvalue weighted by atomic mass is 10.3. The number of hydrogen-bond donors (Lipinski definition) is 2. The van der Waals surface area contributed by atoms with Gasteiger partial charge in [0.15, 0.2) is 9.84 Å². The highest BCUT2D eigenvalue weighted by Gasteiger charge is 2.26. The van der Waals surface area contributed by atoms with Crippen LogP contribution in [0.25, 0.3) is 0 Å². The van der Waals surface area contributed by atoms with Crippen molar-refractivity contribution < 1.29 is 23.1 Å². The molecule has 1 aromatic carbocycles. The van der Waals surface area contributed by atoms with E-state index in [1.165, 1.54) is 13.0 Å². The van der Waals surface area contributed by atoms with E-state index < -0.39 is 39.1 Å². The van der Waals surface area contributed by atoms with Gasteiger partial charge in [-0.2, -0.15) is 0 Å². The van der Waals surface area contributed by atoms with Crippen LogP contribution in [0.1, 0.15) is 13.3 Å². The SMILES string of the molecule is CC(CC(=O)O)S(=O)(=O)CC(=O)Nc1ccccc1Cl. The first-order valence-corrected chi connectivity index (χ1v) is 7.79. The third kappa shape index (κ3) is 4.82. The fourth-order valence-corrected chi connectivity index (χ4v) is 2.75. The summed E-state index contributed by atoms with van der Waals surface area (Å²) in [6.07, 6.45) is -0.540. The summed E-state index contributed by atoms with van der Waals surface area (Å²) in [5, 5.41) is 10.1. The Labute approximate surface area is 121 Å². The van der Waals surface area contributed by atoms with Gasteiger partial charge in [0, 0.05) is 0 Å². The van der Waals surface area contributed by atoms with E-state index in [1.54, 1.807) is 18.2 Å². The Morgan fingerprint density at radius 3 is 2.50 bits per heavy atom. The predicted molar refractivity (Wildman–Crippen MR) is 75.6 cm³/mol. The Hall–Kier alpha value is -1.60. The zero-order chi connectivity index (χ0) is 15.3. The van der Waals surface area contributed by atoms with Crippen LogP contribution >= 0.6 is 11.6 Å². The van der Waals surface area contributed by atoms with Crippen molar-refractivity contribution >= 4 is 39.0 Å². The Kier molecular flexibility index (Phi) is 5.52. The second kappa shape index (κ2) is 6.71. The Balaban J connectivity index is 2.71. The number of nitrogens with one attached hydrogen (secondary N) is 1. The largest absolute Gasteiger partial charge is 0.481 e. The molecule has 8 heteroatoms. The monoisotopic (exact) mass is 319 g/mol. The van der Waals surface area contributed by atoms with E-state index in [9.17, 15) is 18.0 Å². The fraction of sp³-hybridized carbons (Fsp3) is 0.333. The minimum Gasteiger partial charge on any atom is -0.481 e. The van der Waals surface area contributed by atoms with Gasteiger partial charge in [-0.15, -0.1) is 0 Å². The van der Waals surface area contributed by atoms with E-state index in [2.05, 4.69) is 5.32 Å². The summed E-state index contributed by atoms with van der Waals surface area (Å²) in [6.45, 7) is 1.26. The van der Waals surface area contributed by atoms with E-state index >= 15 is 0 Å². The lowest BCUT2D eigenvalue weighted by molar-refractivity contribution is -0.137. The first-order chi connectivity index (χ1) is 9.22. The minimum atomic E-state index is -3.82. The van der Waals surface area contributed by atoms with Gasteiger partial charge < -0.3 is 10.4 Å². The number of benzene rings is 1. The molecule has 0 aliphatic heterocycles. The molecule has 110 valence electrons. The molecule has 0 aliphatic carbocycles. The van der Waals surface area contributed by atoms with Gasteiger partial charge in [-0.25, -0.2) is 8.42 Å². The lowest BCUT2D eigenvalue weighted by Gasteiger charge is -2.11. The Morgan fingerprint density at radius 2 is 1.95 bits per heavy atom. The summed E-state index contributed by atoms with van der Waals surface area (Å²) in [7, 11) is -3.82. The first kappa shape index (κ1) is 16.5. The number of hydrogen-bond acceptors (Lipinski definition) is 4. The van der Waals surface area contributed by atoms with E-state index in [-0.39, 0.29) is 5.02 Å². The average Bonchev–Trinajstić information content (AvgIpc) is 2.30. The van der Waals surface area contributed by atoms with Gasteiger partial charge in [-0.05, 0) is 19.1 Å². The molecule has 1 unspecified atom stereocenters. The van der Waals surface area contributed by atoms with Crippen LogP contribution in [-0.2, 0) is 19.4 Å². The summed E-state index contributed by atoms with van der Waals surface area (Å²) in [4.78, 5) is 22.2. The molecule has 0 aromatic heterocycles. The highest BCUT2D eigenvalue weighted by atomic mass is 35.5. The van der Waals surface area contributed by atoms with Crippen molar-refractivity contribution in [2.24, 2.45) is 0 Å². The van der Waals surface area contributed by atoms with E-state index in [1.807, 2.05) is 0 Å². The van der Waals surface area contributed by atoms with Gasteiger partial charge in [0.05, 0.1) is 22.4 Å². The molecule has 2 N–H and O–H groups in total. The standard InChI is InChI=1S/C12H14ClNO5S/c1-8(6-12(16)17)20(18,19)7-11(15)14-10-5-3-2-4-9(10)13/h2-5,8H,6-7H2,1H3,(H,14,15)(H,16,17). The number of carbonyl (C=O) groups excluding carboxylic acids is 1. The smallest absolute Gasteiger partial charge is 0.304 e. The number of halogens is 1. The van der Waals surface area contributed by atoms with E-state index in [0.29, 0.717) is 5.69 Å². The Morgan fingerprint density at radius 1 is 1.35 bits per heavy atom. The van der Waals surface area contributed by atoms with Crippen molar-refractivity contribution in [2.45, 2.75) is 18.6 Å². The molecule has 0 saturated heterocycles. The minimum absolute atomic E-state index is 0.289. The molecule has 0 radical (unpaired) electrons. The van der Waals surface area contributed by atoms with Crippen molar-refractivity contribution in [3.05, 3.63) is 29.3 Å². The van der Waals surface area contributed by atoms with Crippen molar-refractivity contribution in [3.8, 4) is 0 Å². The summed E-state index contributed by atoms with van der Waals surface area (Å²) >= 11 is 5.83. The summed E-state index contributed by atoms with van der Waals surface area (Å²) < 4.78 is 23.6. The molecule has 1 rings (SSSR count). The van der Waals surface area contributed by atoms with Crippen LogP contribution in [0.3, 0.4) is 0 Å². The Bertz CT molecular complexity index is 614. The van der Waals surface area contributed by atoms with Gasteiger partial charge in [-0.1, -0.05) is 23.7 Å². The zero-order valence-electron chi connectivity index (χ0n) is 10.7. The number of amides is 1. The molecule has 0 aliphatic rings. The lowest BCUT2D eigenvalue weighted by Crippen LogP contribution is -2.30. The molecule has 0 spiro atoms. The summed E-state index contributed by atoms with van der Waals surface area (Å²) in [6, 6.07) is 6.40. The summed E-state index contributed by atoms with van der Waals surface area (Å²) in [5.41, 5.74) is 0.306. The molecular weight excluding hydrogens is 306 g/mol. The van der Waals surface area contributed by atoms with E-state index in [4.69, 9.17) is 16.7 Å². The number of carboxylic acid groups (broad SMARTS) is 1. The van der Waals surface area contributed by atoms with Crippen LogP contribution in [-0.4, -0.2) is 36.4 Å². The number of sulfone groups is 1. The predicted octanol–water partition coefficient (Wildman–Crippen LogP) is 1.56. The number of para-hydroxylation sites is 1. The number of anilines is 1. The molecule has 0 saturated carbocycles.